The van der Waals surface area contributed by atoms with Crippen LogP contribution >= 0.6 is 0 Å². The monoisotopic (exact) mass is 178 g/mol. The molecular weight excluding hydrogens is 168 g/mol. The molecule has 0 bridgehead atoms. The zero-order valence-electron chi connectivity index (χ0n) is 7.06. The fourth-order valence-corrected chi connectivity index (χ4v) is 0.919. The zero-order valence-corrected chi connectivity index (χ0v) is 7.06. The minimum absolute atomic E-state index is 0.0917. The Balaban J connectivity index is 2.79. The summed E-state index contributed by atoms with van der Waals surface area (Å²) in [5, 5.41) is 13.4. The first-order valence-electron chi connectivity index (χ1n) is 3.83. The van der Waals surface area contributed by atoms with E-state index in [0.29, 0.717) is 6.54 Å². The first-order chi connectivity index (χ1) is 6.24. The summed E-state index contributed by atoms with van der Waals surface area (Å²) < 4.78 is 0. The molecule has 0 saturated carbocycles. The van der Waals surface area contributed by atoms with Gasteiger partial charge >= 0.3 is 0 Å². The molecule has 0 aliphatic rings. The summed E-state index contributed by atoms with van der Waals surface area (Å²) in [5.74, 6) is 0. The van der Waals surface area contributed by atoms with Gasteiger partial charge in [-0.3, -0.25) is 10.1 Å². The molecule has 0 spiro atoms. The summed E-state index contributed by atoms with van der Waals surface area (Å²) in [4.78, 5) is 9.97. The van der Waals surface area contributed by atoms with Crippen molar-refractivity contribution in [1.29, 1.82) is 0 Å². The Hall–Kier alpha value is -1.84. The molecule has 0 heterocycles. The molecule has 0 atom stereocenters. The normalized spacial score (nSPS) is 9.23. The van der Waals surface area contributed by atoms with Gasteiger partial charge in [-0.05, 0) is 6.07 Å². The lowest BCUT2D eigenvalue weighted by Crippen LogP contribution is -1.98. The highest BCUT2D eigenvalue weighted by molar-refractivity contribution is 5.51. The number of hydrogen-bond acceptors (Lipinski definition) is 3. The fourth-order valence-electron chi connectivity index (χ4n) is 0.919. The van der Waals surface area contributed by atoms with E-state index in [1.54, 1.807) is 18.2 Å². The van der Waals surface area contributed by atoms with Gasteiger partial charge < -0.3 is 5.32 Å². The molecule has 0 fully saturated rings. The van der Waals surface area contributed by atoms with Crippen molar-refractivity contribution >= 4 is 11.4 Å². The van der Waals surface area contributed by atoms with Crippen molar-refractivity contribution in [2.24, 2.45) is 0 Å². The number of anilines is 1. The van der Waals surface area contributed by atoms with Gasteiger partial charge in [0.05, 0.1) is 4.92 Å². The van der Waals surface area contributed by atoms with Crippen molar-refractivity contribution in [3.05, 3.63) is 47.0 Å². The molecule has 1 aromatic rings. The second-order valence-corrected chi connectivity index (χ2v) is 2.48. The van der Waals surface area contributed by atoms with Crippen LogP contribution < -0.4 is 5.32 Å². The van der Waals surface area contributed by atoms with Crippen LogP contribution in [0.4, 0.5) is 11.4 Å². The van der Waals surface area contributed by atoms with E-state index in [0.717, 1.165) is 5.69 Å². The molecular formula is C9H10N2O2. The molecule has 0 saturated heterocycles. The average molecular weight is 178 g/mol. The van der Waals surface area contributed by atoms with E-state index < -0.39 is 4.92 Å². The molecule has 0 aliphatic heterocycles. The molecule has 0 amide bonds. The number of hydrogen-bond donors (Lipinski definition) is 1. The number of nitro benzene ring substituents is 1. The lowest BCUT2D eigenvalue weighted by molar-refractivity contribution is -0.384. The fraction of sp³-hybridized carbons (Fsp3) is 0.111. The number of benzene rings is 1. The van der Waals surface area contributed by atoms with Gasteiger partial charge in [0.25, 0.3) is 5.69 Å². The SMILES string of the molecule is C=CCNc1cccc([N+](=O)[O-])c1. The lowest BCUT2D eigenvalue weighted by Gasteiger charge is -2.01. The third-order valence-corrected chi connectivity index (χ3v) is 1.51. The minimum atomic E-state index is -0.418. The van der Waals surface area contributed by atoms with Gasteiger partial charge in [-0.15, -0.1) is 6.58 Å². The van der Waals surface area contributed by atoms with E-state index in [-0.39, 0.29) is 5.69 Å². The van der Waals surface area contributed by atoms with Gasteiger partial charge in [0.15, 0.2) is 0 Å². The molecule has 1 N–H and O–H groups in total. The Bertz CT molecular complexity index is 323. The van der Waals surface area contributed by atoms with Gasteiger partial charge in [0, 0.05) is 24.4 Å². The summed E-state index contributed by atoms with van der Waals surface area (Å²) in [7, 11) is 0. The van der Waals surface area contributed by atoms with E-state index in [2.05, 4.69) is 11.9 Å². The Morgan fingerprint density at radius 2 is 2.38 bits per heavy atom. The van der Waals surface area contributed by atoms with Gasteiger partial charge in [-0.1, -0.05) is 12.1 Å². The summed E-state index contributed by atoms with van der Waals surface area (Å²) >= 11 is 0. The van der Waals surface area contributed by atoms with Crippen LogP contribution in [0.15, 0.2) is 36.9 Å². The van der Waals surface area contributed by atoms with Crippen molar-refractivity contribution in [1.82, 2.24) is 0 Å². The summed E-state index contributed by atoms with van der Waals surface area (Å²) in [6, 6.07) is 6.36. The Morgan fingerprint density at radius 1 is 1.62 bits per heavy atom. The largest absolute Gasteiger partial charge is 0.381 e. The number of nitrogens with zero attached hydrogens (tertiary/aromatic N) is 1. The smallest absolute Gasteiger partial charge is 0.271 e. The molecule has 4 heteroatoms. The molecule has 13 heavy (non-hydrogen) atoms. The van der Waals surface area contributed by atoms with E-state index in [1.807, 2.05) is 0 Å². The van der Waals surface area contributed by atoms with E-state index >= 15 is 0 Å². The summed E-state index contributed by atoms with van der Waals surface area (Å²) in [6.45, 7) is 4.14. The minimum Gasteiger partial charge on any atom is -0.381 e. The molecule has 0 unspecified atom stereocenters. The molecule has 0 aromatic heterocycles. The van der Waals surface area contributed by atoms with E-state index in [1.165, 1.54) is 12.1 Å². The van der Waals surface area contributed by atoms with Crippen molar-refractivity contribution < 1.29 is 4.92 Å². The van der Waals surface area contributed by atoms with Crippen LogP contribution in [0, 0.1) is 10.1 Å². The molecule has 0 aliphatic carbocycles. The number of rotatable bonds is 4. The van der Waals surface area contributed by atoms with Crippen LogP contribution in [0.5, 0.6) is 0 Å². The van der Waals surface area contributed by atoms with Crippen molar-refractivity contribution in [2.45, 2.75) is 0 Å². The van der Waals surface area contributed by atoms with Gasteiger partial charge in [0.1, 0.15) is 0 Å². The van der Waals surface area contributed by atoms with Gasteiger partial charge in [-0.2, -0.15) is 0 Å². The van der Waals surface area contributed by atoms with Crippen LogP contribution in [-0.2, 0) is 0 Å². The molecule has 0 radical (unpaired) electrons. The maximum Gasteiger partial charge on any atom is 0.271 e. The molecule has 4 nitrogen and oxygen atoms in total. The first kappa shape index (κ1) is 9.25. The highest BCUT2D eigenvalue weighted by Crippen LogP contribution is 2.16. The van der Waals surface area contributed by atoms with Crippen molar-refractivity contribution in [2.75, 3.05) is 11.9 Å². The number of nitrogens with one attached hydrogen (secondary N) is 1. The Kier molecular flexibility index (Phi) is 3.03. The Labute approximate surface area is 76.0 Å². The second-order valence-electron chi connectivity index (χ2n) is 2.48. The number of nitro groups is 1. The zero-order chi connectivity index (χ0) is 9.68. The van der Waals surface area contributed by atoms with E-state index in [4.69, 9.17) is 0 Å². The summed E-state index contributed by atoms with van der Waals surface area (Å²) in [6.07, 6.45) is 1.69. The van der Waals surface area contributed by atoms with Crippen LogP contribution in [-0.4, -0.2) is 11.5 Å². The number of non-ortho nitro benzene ring substituents is 1. The molecule has 1 aromatic carbocycles. The standard InChI is InChI=1S/C9H10N2O2/c1-2-6-10-8-4-3-5-9(7-8)11(12)13/h2-5,7,10H,1,6H2. The van der Waals surface area contributed by atoms with Gasteiger partial charge in [-0.25, -0.2) is 0 Å². The lowest BCUT2D eigenvalue weighted by atomic mass is 10.3. The molecule has 68 valence electrons. The van der Waals surface area contributed by atoms with Crippen molar-refractivity contribution in [3.8, 4) is 0 Å². The third kappa shape index (κ3) is 2.59. The third-order valence-electron chi connectivity index (χ3n) is 1.51. The highest BCUT2D eigenvalue weighted by atomic mass is 16.6. The average Bonchev–Trinajstić information content (AvgIpc) is 2.15. The topological polar surface area (TPSA) is 55.2 Å². The predicted molar refractivity (Wildman–Crippen MR) is 51.8 cm³/mol. The maximum absolute atomic E-state index is 10.4. The van der Waals surface area contributed by atoms with Crippen molar-refractivity contribution in [3.63, 3.8) is 0 Å². The highest BCUT2D eigenvalue weighted by Gasteiger charge is 2.03. The Morgan fingerprint density at radius 3 is 3.00 bits per heavy atom. The predicted octanol–water partition coefficient (Wildman–Crippen LogP) is 2.19. The van der Waals surface area contributed by atoms with Crippen LogP contribution in [0.3, 0.4) is 0 Å². The summed E-state index contributed by atoms with van der Waals surface area (Å²) in [5.41, 5.74) is 0.822. The quantitative estimate of drug-likeness (QED) is 0.436. The molecule has 1 rings (SSSR count). The van der Waals surface area contributed by atoms with Crippen LogP contribution in [0.2, 0.25) is 0 Å². The second kappa shape index (κ2) is 4.25. The first-order valence-corrected chi connectivity index (χ1v) is 3.83. The van der Waals surface area contributed by atoms with Crippen LogP contribution in [0.25, 0.3) is 0 Å². The van der Waals surface area contributed by atoms with Gasteiger partial charge in [0.2, 0.25) is 0 Å². The van der Waals surface area contributed by atoms with Crippen LogP contribution in [0.1, 0.15) is 0 Å². The maximum atomic E-state index is 10.4. The van der Waals surface area contributed by atoms with E-state index in [9.17, 15) is 10.1 Å².